The number of benzene rings is 1. The van der Waals surface area contributed by atoms with Crippen LogP contribution in [0.3, 0.4) is 0 Å². The van der Waals surface area contributed by atoms with Gasteiger partial charge >= 0.3 is 0 Å². The zero-order chi connectivity index (χ0) is 19.3. The molecule has 142 valence electrons. The fourth-order valence-electron chi connectivity index (χ4n) is 3.04. The molecule has 0 radical (unpaired) electrons. The summed E-state index contributed by atoms with van der Waals surface area (Å²) in [6, 6.07) is 4.79. The molecular weight excluding hydrogens is 332 g/mol. The van der Waals surface area contributed by atoms with Crippen LogP contribution in [-0.2, 0) is 4.74 Å². The zero-order valence-corrected chi connectivity index (χ0v) is 16.1. The van der Waals surface area contributed by atoms with E-state index in [9.17, 15) is 14.4 Å². The molecule has 1 aromatic carbocycles. The van der Waals surface area contributed by atoms with Gasteiger partial charge in [-0.15, -0.1) is 0 Å². The van der Waals surface area contributed by atoms with Crippen LogP contribution in [0.15, 0.2) is 18.2 Å². The minimum atomic E-state index is -0.305. The second-order valence-electron chi connectivity index (χ2n) is 7.01. The normalized spacial score (nSPS) is 13.5. The molecule has 0 unspecified atom stereocenters. The van der Waals surface area contributed by atoms with E-state index < -0.39 is 0 Å². The average Bonchev–Trinajstić information content (AvgIpc) is 2.86. The summed E-state index contributed by atoms with van der Waals surface area (Å²) in [6.45, 7) is 8.06. The van der Waals surface area contributed by atoms with E-state index in [0.29, 0.717) is 48.8 Å². The van der Waals surface area contributed by atoms with Crippen LogP contribution in [-0.4, -0.2) is 60.9 Å². The molecule has 0 atom stereocenters. The first-order valence-corrected chi connectivity index (χ1v) is 9.19. The summed E-state index contributed by atoms with van der Waals surface area (Å²) in [5.74, 6) is -0.403. The van der Waals surface area contributed by atoms with E-state index in [1.807, 2.05) is 20.8 Å². The Labute approximate surface area is 155 Å². The summed E-state index contributed by atoms with van der Waals surface area (Å²) in [4.78, 5) is 40.9. The predicted octanol–water partition coefficient (Wildman–Crippen LogP) is 2.83. The highest BCUT2D eigenvalue weighted by molar-refractivity contribution is 6.22. The van der Waals surface area contributed by atoms with Crippen LogP contribution >= 0.6 is 0 Å². The molecule has 6 heteroatoms. The molecule has 0 fully saturated rings. The van der Waals surface area contributed by atoms with E-state index in [1.54, 1.807) is 30.2 Å². The van der Waals surface area contributed by atoms with E-state index >= 15 is 0 Å². The topological polar surface area (TPSA) is 66.9 Å². The van der Waals surface area contributed by atoms with Crippen LogP contribution in [0, 0.1) is 5.92 Å². The number of fused-ring (bicyclic) bond motifs is 1. The molecule has 1 heterocycles. The Morgan fingerprint density at radius 2 is 1.88 bits per heavy atom. The van der Waals surface area contributed by atoms with Gasteiger partial charge < -0.3 is 9.64 Å². The average molecular weight is 360 g/mol. The molecule has 0 N–H and O–H groups in total. The van der Waals surface area contributed by atoms with Crippen LogP contribution in [0.5, 0.6) is 0 Å². The van der Waals surface area contributed by atoms with Crippen molar-refractivity contribution in [2.24, 2.45) is 5.92 Å². The van der Waals surface area contributed by atoms with Crippen molar-refractivity contribution in [3.8, 4) is 0 Å². The Morgan fingerprint density at radius 3 is 2.50 bits per heavy atom. The van der Waals surface area contributed by atoms with Crippen molar-refractivity contribution in [2.45, 2.75) is 33.6 Å². The molecule has 1 aromatic rings. The lowest BCUT2D eigenvalue weighted by Crippen LogP contribution is -2.36. The van der Waals surface area contributed by atoms with Crippen molar-refractivity contribution in [3.05, 3.63) is 34.9 Å². The molecule has 0 saturated carbocycles. The number of methoxy groups -OCH3 is 1. The SMILES string of the molecule is CCCCN1C(=O)c2ccc(C(=O)N(CCOC)CC(C)C)cc2C1=O. The molecule has 0 spiro atoms. The highest BCUT2D eigenvalue weighted by atomic mass is 16.5. The molecule has 0 bridgehead atoms. The van der Waals surface area contributed by atoms with Gasteiger partial charge in [0.1, 0.15) is 0 Å². The number of nitrogens with zero attached hydrogens (tertiary/aromatic N) is 2. The molecule has 0 saturated heterocycles. The van der Waals surface area contributed by atoms with Crippen LogP contribution in [0.4, 0.5) is 0 Å². The summed E-state index contributed by atoms with van der Waals surface area (Å²) in [5, 5.41) is 0. The van der Waals surface area contributed by atoms with Gasteiger partial charge in [-0.2, -0.15) is 0 Å². The van der Waals surface area contributed by atoms with Gasteiger partial charge in [0.25, 0.3) is 17.7 Å². The number of carbonyl (C=O) groups is 3. The van der Waals surface area contributed by atoms with Crippen molar-refractivity contribution in [1.29, 1.82) is 0 Å². The number of rotatable bonds is 9. The van der Waals surface area contributed by atoms with Crippen molar-refractivity contribution < 1.29 is 19.1 Å². The van der Waals surface area contributed by atoms with E-state index in [2.05, 4.69) is 0 Å². The number of amides is 3. The number of hydrogen-bond acceptors (Lipinski definition) is 4. The summed E-state index contributed by atoms with van der Waals surface area (Å²) in [7, 11) is 1.60. The molecule has 0 aliphatic carbocycles. The molecule has 0 aromatic heterocycles. The lowest BCUT2D eigenvalue weighted by Gasteiger charge is -2.24. The van der Waals surface area contributed by atoms with Gasteiger partial charge in [-0.05, 0) is 30.5 Å². The van der Waals surface area contributed by atoms with Crippen LogP contribution in [0.1, 0.15) is 64.7 Å². The van der Waals surface area contributed by atoms with E-state index in [0.717, 1.165) is 12.8 Å². The van der Waals surface area contributed by atoms with Crippen molar-refractivity contribution in [2.75, 3.05) is 33.4 Å². The molecule has 26 heavy (non-hydrogen) atoms. The maximum atomic E-state index is 12.9. The molecule has 2 rings (SSSR count). The largest absolute Gasteiger partial charge is 0.383 e. The van der Waals surface area contributed by atoms with Crippen molar-refractivity contribution in [3.63, 3.8) is 0 Å². The number of carbonyl (C=O) groups excluding carboxylic acids is 3. The number of ether oxygens (including phenoxy) is 1. The third kappa shape index (κ3) is 4.30. The zero-order valence-electron chi connectivity index (χ0n) is 16.1. The Kier molecular flexibility index (Phi) is 6.91. The Morgan fingerprint density at radius 1 is 1.19 bits per heavy atom. The van der Waals surface area contributed by atoms with Crippen LogP contribution in [0.2, 0.25) is 0 Å². The maximum Gasteiger partial charge on any atom is 0.261 e. The fourth-order valence-corrected chi connectivity index (χ4v) is 3.04. The molecule has 6 nitrogen and oxygen atoms in total. The van der Waals surface area contributed by atoms with Gasteiger partial charge in [-0.25, -0.2) is 0 Å². The first kappa shape index (κ1) is 20.1. The molecule has 1 aliphatic heterocycles. The second kappa shape index (κ2) is 8.94. The molecular formula is C20H28N2O4. The highest BCUT2D eigenvalue weighted by Gasteiger charge is 2.35. The smallest absolute Gasteiger partial charge is 0.261 e. The third-order valence-corrected chi connectivity index (χ3v) is 4.39. The van der Waals surface area contributed by atoms with Gasteiger partial charge in [0, 0.05) is 32.3 Å². The first-order valence-electron chi connectivity index (χ1n) is 9.19. The van der Waals surface area contributed by atoms with Crippen LogP contribution in [0.25, 0.3) is 0 Å². The first-order chi connectivity index (χ1) is 12.4. The van der Waals surface area contributed by atoms with Gasteiger partial charge in [-0.3, -0.25) is 19.3 Å². The highest BCUT2D eigenvalue weighted by Crippen LogP contribution is 2.25. The summed E-state index contributed by atoms with van der Waals surface area (Å²) in [5.41, 5.74) is 1.14. The number of unbranched alkanes of at least 4 members (excludes halogenated alkanes) is 1. The van der Waals surface area contributed by atoms with Gasteiger partial charge in [0.15, 0.2) is 0 Å². The summed E-state index contributed by atoms with van der Waals surface area (Å²) < 4.78 is 5.10. The number of imide groups is 1. The maximum absolute atomic E-state index is 12.9. The summed E-state index contributed by atoms with van der Waals surface area (Å²) in [6.07, 6.45) is 1.68. The van der Waals surface area contributed by atoms with E-state index in [-0.39, 0.29) is 17.7 Å². The van der Waals surface area contributed by atoms with Gasteiger partial charge in [0.05, 0.1) is 17.7 Å². The lowest BCUT2D eigenvalue weighted by molar-refractivity contribution is 0.0651. The quantitative estimate of drug-likeness (QED) is 0.635. The Bertz CT molecular complexity index is 684. The second-order valence-corrected chi connectivity index (χ2v) is 7.01. The van der Waals surface area contributed by atoms with Crippen molar-refractivity contribution in [1.82, 2.24) is 9.80 Å². The summed E-state index contributed by atoms with van der Waals surface area (Å²) >= 11 is 0. The van der Waals surface area contributed by atoms with E-state index in [1.165, 1.54) is 4.90 Å². The lowest BCUT2D eigenvalue weighted by atomic mass is 10.0. The standard InChI is InChI=1S/C20H28N2O4/c1-5-6-9-22-19(24)16-8-7-15(12-17(16)20(22)25)18(23)21(10-11-26-4)13-14(2)3/h7-8,12,14H,5-6,9-11,13H2,1-4H3. The molecule has 3 amide bonds. The molecule has 1 aliphatic rings. The monoisotopic (exact) mass is 360 g/mol. The van der Waals surface area contributed by atoms with Crippen LogP contribution < -0.4 is 0 Å². The third-order valence-electron chi connectivity index (χ3n) is 4.39. The number of hydrogen-bond donors (Lipinski definition) is 0. The minimum absolute atomic E-state index is 0.147. The Hall–Kier alpha value is -2.21. The minimum Gasteiger partial charge on any atom is -0.383 e. The van der Waals surface area contributed by atoms with Gasteiger partial charge in [0.2, 0.25) is 0 Å². The van der Waals surface area contributed by atoms with Gasteiger partial charge in [-0.1, -0.05) is 27.2 Å². The fraction of sp³-hybridized carbons (Fsp3) is 0.550. The predicted molar refractivity (Wildman–Crippen MR) is 99.3 cm³/mol. The Balaban J connectivity index is 2.25. The van der Waals surface area contributed by atoms with Crippen molar-refractivity contribution >= 4 is 17.7 Å². The van der Waals surface area contributed by atoms with E-state index in [4.69, 9.17) is 4.74 Å².